The Morgan fingerprint density at radius 1 is 1.40 bits per heavy atom. The lowest BCUT2D eigenvalue weighted by Gasteiger charge is -2.11. The summed E-state index contributed by atoms with van der Waals surface area (Å²) in [5.74, 6) is -1.41. The molecular weight excluding hydrogens is 300 g/mol. The van der Waals surface area contributed by atoms with Gasteiger partial charge in [-0.25, -0.2) is 9.78 Å². The molecule has 0 radical (unpaired) electrons. The van der Waals surface area contributed by atoms with Crippen LogP contribution in [0.1, 0.15) is 38.8 Å². The Labute approximate surface area is 124 Å². The van der Waals surface area contributed by atoms with Crippen LogP contribution < -0.4 is 5.32 Å². The summed E-state index contributed by atoms with van der Waals surface area (Å²) in [6.45, 7) is 1.74. The summed E-state index contributed by atoms with van der Waals surface area (Å²) < 4.78 is 0. The molecule has 0 spiro atoms. The summed E-state index contributed by atoms with van der Waals surface area (Å²) in [5.41, 5.74) is 0.347. The number of aromatic carboxylic acids is 1. The fourth-order valence-electron chi connectivity index (χ4n) is 1.57. The Morgan fingerprint density at radius 3 is 2.70 bits per heavy atom. The van der Waals surface area contributed by atoms with Gasteiger partial charge >= 0.3 is 5.97 Å². The number of carbonyl (C=O) groups is 2. The van der Waals surface area contributed by atoms with Gasteiger partial charge < -0.3 is 10.4 Å². The predicted molar refractivity (Wildman–Crippen MR) is 76.4 cm³/mol. The highest BCUT2D eigenvalue weighted by atomic mass is 35.5. The Morgan fingerprint density at radius 2 is 2.10 bits per heavy atom. The lowest BCUT2D eigenvalue weighted by molar-refractivity contribution is 0.0691. The van der Waals surface area contributed by atoms with Crippen molar-refractivity contribution in [3.05, 3.63) is 50.9 Å². The normalized spacial score (nSPS) is 11.9. The average Bonchev–Trinajstić information content (AvgIpc) is 2.88. The first kappa shape index (κ1) is 14.5. The molecule has 1 aromatic heterocycles. The van der Waals surface area contributed by atoms with Crippen molar-refractivity contribution in [1.82, 2.24) is 10.3 Å². The van der Waals surface area contributed by atoms with E-state index in [4.69, 9.17) is 16.7 Å². The van der Waals surface area contributed by atoms with E-state index in [1.54, 1.807) is 31.2 Å². The van der Waals surface area contributed by atoms with Crippen LogP contribution in [-0.2, 0) is 0 Å². The van der Waals surface area contributed by atoms with Crippen molar-refractivity contribution in [3.63, 3.8) is 0 Å². The van der Waals surface area contributed by atoms with Crippen LogP contribution in [0.2, 0.25) is 5.02 Å². The van der Waals surface area contributed by atoms with Crippen LogP contribution in [0.5, 0.6) is 0 Å². The lowest BCUT2D eigenvalue weighted by Crippen LogP contribution is -2.26. The summed E-state index contributed by atoms with van der Waals surface area (Å²) >= 11 is 7.13. The van der Waals surface area contributed by atoms with Crippen LogP contribution in [0, 0.1) is 0 Å². The third-order valence-electron chi connectivity index (χ3n) is 2.58. The molecule has 0 aliphatic heterocycles. The molecule has 0 saturated heterocycles. The van der Waals surface area contributed by atoms with Gasteiger partial charge in [0.05, 0.1) is 16.6 Å². The third-order valence-corrected chi connectivity index (χ3v) is 3.93. The van der Waals surface area contributed by atoms with Crippen LogP contribution in [0.15, 0.2) is 29.6 Å². The predicted octanol–water partition coefficient (Wildman–Crippen LogP) is 2.99. The Kier molecular flexibility index (Phi) is 4.36. The fraction of sp³-hybridized carbons (Fsp3) is 0.154. The van der Waals surface area contributed by atoms with E-state index in [0.717, 1.165) is 0 Å². The molecule has 0 bridgehead atoms. The van der Waals surface area contributed by atoms with E-state index in [9.17, 15) is 9.59 Å². The van der Waals surface area contributed by atoms with E-state index in [1.165, 1.54) is 16.7 Å². The maximum atomic E-state index is 12.1. The molecule has 0 saturated carbocycles. The molecule has 1 heterocycles. The van der Waals surface area contributed by atoms with Crippen molar-refractivity contribution in [1.29, 1.82) is 0 Å². The monoisotopic (exact) mass is 310 g/mol. The first-order valence-corrected chi connectivity index (χ1v) is 6.99. The number of amides is 1. The van der Waals surface area contributed by atoms with Gasteiger partial charge in [0.1, 0.15) is 5.01 Å². The second-order valence-electron chi connectivity index (χ2n) is 4.05. The number of hydrogen-bond donors (Lipinski definition) is 2. The summed E-state index contributed by atoms with van der Waals surface area (Å²) in [4.78, 5) is 26.8. The number of hydrogen-bond acceptors (Lipinski definition) is 4. The number of nitrogens with one attached hydrogen (secondary N) is 1. The van der Waals surface area contributed by atoms with E-state index in [2.05, 4.69) is 10.3 Å². The SMILES string of the molecule is CC(NC(=O)c1ccccc1Cl)c1nc(C(=O)O)cs1. The molecular formula is C13H11ClN2O3S. The number of carboxylic acids is 1. The number of carboxylic acid groups (broad SMARTS) is 1. The first-order valence-electron chi connectivity index (χ1n) is 5.73. The molecule has 0 aliphatic carbocycles. The molecule has 7 heteroatoms. The van der Waals surface area contributed by atoms with E-state index in [0.29, 0.717) is 15.6 Å². The number of carbonyl (C=O) groups excluding carboxylic acids is 1. The van der Waals surface area contributed by atoms with Gasteiger partial charge in [-0.05, 0) is 19.1 Å². The minimum atomic E-state index is -1.09. The number of thiazole rings is 1. The molecule has 2 aromatic rings. The van der Waals surface area contributed by atoms with Gasteiger partial charge in [-0.15, -0.1) is 11.3 Å². The largest absolute Gasteiger partial charge is 0.476 e. The fourth-order valence-corrected chi connectivity index (χ4v) is 2.59. The van der Waals surface area contributed by atoms with Gasteiger partial charge in [0, 0.05) is 5.38 Å². The van der Waals surface area contributed by atoms with Crippen molar-refractivity contribution >= 4 is 34.8 Å². The molecule has 1 aromatic carbocycles. The molecule has 5 nitrogen and oxygen atoms in total. The van der Waals surface area contributed by atoms with Crippen LogP contribution in [-0.4, -0.2) is 22.0 Å². The van der Waals surface area contributed by atoms with E-state index in [1.807, 2.05) is 0 Å². The summed E-state index contributed by atoms with van der Waals surface area (Å²) in [7, 11) is 0. The molecule has 104 valence electrons. The zero-order valence-corrected chi connectivity index (χ0v) is 12.0. The Bertz CT molecular complexity index is 657. The minimum Gasteiger partial charge on any atom is -0.476 e. The van der Waals surface area contributed by atoms with Crippen molar-refractivity contribution in [2.24, 2.45) is 0 Å². The van der Waals surface area contributed by atoms with Gasteiger partial charge in [0.25, 0.3) is 5.91 Å². The zero-order chi connectivity index (χ0) is 14.7. The summed E-state index contributed by atoms with van der Waals surface area (Å²) in [6.07, 6.45) is 0. The highest BCUT2D eigenvalue weighted by Crippen LogP contribution is 2.20. The molecule has 20 heavy (non-hydrogen) atoms. The highest BCUT2D eigenvalue weighted by Gasteiger charge is 2.17. The third kappa shape index (κ3) is 3.15. The van der Waals surface area contributed by atoms with Gasteiger partial charge in [-0.3, -0.25) is 4.79 Å². The number of benzene rings is 1. The topological polar surface area (TPSA) is 79.3 Å². The average molecular weight is 311 g/mol. The van der Waals surface area contributed by atoms with Crippen molar-refractivity contribution in [2.75, 3.05) is 0 Å². The van der Waals surface area contributed by atoms with Gasteiger partial charge in [-0.2, -0.15) is 0 Å². The maximum absolute atomic E-state index is 12.1. The van der Waals surface area contributed by atoms with Crippen LogP contribution in [0.25, 0.3) is 0 Å². The Hall–Kier alpha value is -1.92. The lowest BCUT2D eigenvalue weighted by atomic mass is 10.2. The van der Waals surface area contributed by atoms with Gasteiger partial charge in [0.2, 0.25) is 0 Å². The standard InChI is InChI=1S/C13H11ClN2O3S/c1-7(12-16-10(6-20-12)13(18)19)15-11(17)8-4-2-3-5-9(8)14/h2-7H,1H3,(H,15,17)(H,18,19). The van der Waals surface area contributed by atoms with Crippen LogP contribution >= 0.6 is 22.9 Å². The minimum absolute atomic E-state index is 0.0242. The van der Waals surface area contributed by atoms with E-state index < -0.39 is 12.0 Å². The van der Waals surface area contributed by atoms with Gasteiger partial charge in [-0.1, -0.05) is 23.7 Å². The zero-order valence-electron chi connectivity index (χ0n) is 10.5. The molecule has 2 rings (SSSR count). The highest BCUT2D eigenvalue weighted by molar-refractivity contribution is 7.09. The number of nitrogens with zero attached hydrogens (tertiary/aromatic N) is 1. The van der Waals surface area contributed by atoms with E-state index in [-0.39, 0.29) is 11.6 Å². The van der Waals surface area contributed by atoms with Crippen LogP contribution in [0.4, 0.5) is 0 Å². The van der Waals surface area contributed by atoms with Crippen molar-refractivity contribution < 1.29 is 14.7 Å². The molecule has 0 fully saturated rings. The van der Waals surface area contributed by atoms with Crippen molar-refractivity contribution in [3.8, 4) is 0 Å². The molecule has 1 amide bonds. The molecule has 2 N–H and O–H groups in total. The van der Waals surface area contributed by atoms with Crippen LogP contribution in [0.3, 0.4) is 0 Å². The summed E-state index contributed by atoms with van der Waals surface area (Å²) in [6, 6.07) is 6.32. The van der Waals surface area contributed by atoms with Crippen molar-refractivity contribution in [2.45, 2.75) is 13.0 Å². The number of halogens is 1. The van der Waals surface area contributed by atoms with E-state index >= 15 is 0 Å². The first-order chi connectivity index (χ1) is 9.49. The molecule has 1 unspecified atom stereocenters. The number of aromatic nitrogens is 1. The smallest absolute Gasteiger partial charge is 0.355 e. The Balaban J connectivity index is 2.11. The summed E-state index contributed by atoms with van der Waals surface area (Å²) in [5, 5.41) is 13.9. The second-order valence-corrected chi connectivity index (χ2v) is 5.35. The van der Waals surface area contributed by atoms with Gasteiger partial charge in [0.15, 0.2) is 5.69 Å². The number of rotatable bonds is 4. The quantitative estimate of drug-likeness (QED) is 0.910. The molecule has 0 aliphatic rings. The molecule has 1 atom stereocenters. The maximum Gasteiger partial charge on any atom is 0.355 e. The second kappa shape index (κ2) is 6.02.